The number of rotatable bonds is 5. The van der Waals surface area contributed by atoms with Crippen molar-refractivity contribution in [3.8, 4) is 0 Å². The van der Waals surface area contributed by atoms with E-state index in [1.54, 1.807) is 0 Å². The summed E-state index contributed by atoms with van der Waals surface area (Å²) in [6, 6.07) is 0. The molecule has 3 unspecified atom stereocenters. The minimum atomic E-state index is -2.87. The third kappa shape index (κ3) is 2.51. The smallest absolute Gasteiger partial charge is 0.321 e. The molecule has 0 aromatic heterocycles. The highest BCUT2D eigenvalue weighted by molar-refractivity contribution is 6.03. The summed E-state index contributed by atoms with van der Waals surface area (Å²) in [5.74, 6) is -14.6. The van der Waals surface area contributed by atoms with Gasteiger partial charge in [-0.15, -0.1) is 0 Å². The Hall–Kier alpha value is -2.65. The Balaban J connectivity index is 3.45. The molecule has 116 valence electrons. The summed E-state index contributed by atoms with van der Waals surface area (Å²) < 4.78 is 0. The molecule has 0 spiro atoms. The summed E-state index contributed by atoms with van der Waals surface area (Å²) in [5, 5.41) is 45.2. The fourth-order valence-electron chi connectivity index (χ4n) is 2.66. The SMILES string of the molecule is O=C(O)C1CC(C(=O)O)C(C(=O)O)(C(=O)O)CC1C(=O)O. The van der Waals surface area contributed by atoms with Crippen LogP contribution in [0.5, 0.6) is 0 Å². The van der Waals surface area contributed by atoms with Crippen LogP contribution in [0.25, 0.3) is 0 Å². The van der Waals surface area contributed by atoms with Gasteiger partial charge < -0.3 is 25.5 Å². The Kier molecular flexibility index (Phi) is 4.21. The fourth-order valence-corrected chi connectivity index (χ4v) is 2.66. The van der Waals surface area contributed by atoms with Crippen LogP contribution in [0.15, 0.2) is 0 Å². The average Bonchev–Trinajstić information content (AvgIpc) is 2.35. The first-order valence-electron chi connectivity index (χ1n) is 5.70. The van der Waals surface area contributed by atoms with Crippen molar-refractivity contribution in [3.05, 3.63) is 0 Å². The van der Waals surface area contributed by atoms with Crippen LogP contribution in [0.2, 0.25) is 0 Å². The van der Waals surface area contributed by atoms with Crippen molar-refractivity contribution in [2.45, 2.75) is 12.8 Å². The van der Waals surface area contributed by atoms with Gasteiger partial charge in [-0.1, -0.05) is 0 Å². The highest BCUT2D eigenvalue weighted by atomic mass is 16.4. The molecule has 1 fully saturated rings. The van der Waals surface area contributed by atoms with Crippen LogP contribution in [-0.4, -0.2) is 55.4 Å². The zero-order valence-corrected chi connectivity index (χ0v) is 10.4. The first-order chi connectivity index (χ1) is 9.55. The third-order valence-electron chi connectivity index (χ3n) is 3.81. The van der Waals surface area contributed by atoms with E-state index >= 15 is 0 Å². The van der Waals surface area contributed by atoms with Crippen molar-refractivity contribution in [1.29, 1.82) is 0 Å². The van der Waals surface area contributed by atoms with Crippen LogP contribution in [0, 0.1) is 23.2 Å². The molecule has 0 heterocycles. The van der Waals surface area contributed by atoms with E-state index < -0.39 is 65.9 Å². The molecule has 1 aliphatic rings. The van der Waals surface area contributed by atoms with E-state index in [-0.39, 0.29) is 0 Å². The fraction of sp³-hybridized carbons (Fsp3) is 0.545. The maximum Gasteiger partial charge on any atom is 0.321 e. The minimum Gasteiger partial charge on any atom is -0.481 e. The van der Waals surface area contributed by atoms with Gasteiger partial charge in [0.25, 0.3) is 0 Å². The molecule has 1 saturated carbocycles. The Morgan fingerprint density at radius 2 is 1.14 bits per heavy atom. The summed E-state index contributed by atoms with van der Waals surface area (Å²) in [6.07, 6.45) is -2.00. The molecule has 0 amide bonds. The van der Waals surface area contributed by atoms with Gasteiger partial charge in [-0.25, -0.2) is 0 Å². The van der Waals surface area contributed by atoms with E-state index in [0.717, 1.165) is 0 Å². The Morgan fingerprint density at radius 1 is 0.714 bits per heavy atom. The number of aliphatic carboxylic acids is 5. The maximum absolute atomic E-state index is 11.3. The van der Waals surface area contributed by atoms with Gasteiger partial charge in [-0.3, -0.25) is 24.0 Å². The Bertz CT molecular complexity index is 507. The number of carboxylic acid groups (broad SMARTS) is 5. The molecule has 0 aromatic rings. The summed E-state index contributed by atoms with van der Waals surface area (Å²) in [5.41, 5.74) is -2.87. The molecule has 0 aromatic carbocycles. The lowest BCUT2D eigenvalue weighted by molar-refractivity contribution is -0.187. The van der Waals surface area contributed by atoms with Crippen molar-refractivity contribution in [1.82, 2.24) is 0 Å². The molecule has 0 aliphatic heterocycles. The topological polar surface area (TPSA) is 186 Å². The molecular formula is C11H12O10. The molecule has 1 aliphatic carbocycles. The second-order valence-electron chi connectivity index (χ2n) is 4.80. The lowest BCUT2D eigenvalue weighted by Gasteiger charge is -2.40. The molecule has 1 rings (SSSR count). The zero-order valence-electron chi connectivity index (χ0n) is 10.4. The molecule has 10 nitrogen and oxygen atoms in total. The number of hydrogen-bond acceptors (Lipinski definition) is 5. The summed E-state index contributed by atoms with van der Waals surface area (Å²) in [6.45, 7) is 0. The van der Waals surface area contributed by atoms with Crippen molar-refractivity contribution >= 4 is 29.8 Å². The van der Waals surface area contributed by atoms with E-state index in [2.05, 4.69) is 0 Å². The Labute approximate surface area is 116 Å². The van der Waals surface area contributed by atoms with Crippen molar-refractivity contribution in [3.63, 3.8) is 0 Å². The van der Waals surface area contributed by atoms with Gasteiger partial charge in [0.05, 0.1) is 17.8 Å². The monoisotopic (exact) mass is 304 g/mol. The molecule has 0 radical (unpaired) electrons. The van der Waals surface area contributed by atoms with Gasteiger partial charge in [0.2, 0.25) is 0 Å². The molecule has 21 heavy (non-hydrogen) atoms. The first-order valence-corrected chi connectivity index (χ1v) is 5.70. The lowest BCUT2D eigenvalue weighted by Crippen LogP contribution is -2.56. The van der Waals surface area contributed by atoms with Gasteiger partial charge in [0.1, 0.15) is 0 Å². The molecule has 0 bridgehead atoms. The van der Waals surface area contributed by atoms with Crippen LogP contribution >= 0.6 is 0 Å². The van der Waals surface area contributed by atoms with E-state index in [1.165, 1.54) is 0 Å². The summed E-state index contributed by atoms with van der Waals surface area (Å²) in [4.78, 5) is 55.9. The average molecular weight is 304 g/mol. The standard InChI is InChI=1S/C11H12O10/c12-6(13)3-1-5(8(16)17)11(9(18)19,10(20)21)2-4(3)7(14)15/h3-5H,1-2H2,(H,12,13)(H,14,15)(H,16,17)(H,18,19)(H,20,21). The second-order valence-corrected chi connectivity index (χ2v) is 4.80. The van der Waals surface area contributed by atoms with E-state index in [4.69, 9.17) is 25.5 Å². The van der Waals surface area contributed by atoms with Crippen LogP contribution in [0.4, 0.5) is 0 Å². The predicted octanol–water partition coefficient (Wildman–Crippen LogP) is -0.962. The van der Waals surface area contributed by atoms with Crippen molar-refractivity contribution < 1.29 is 49.5 Å². The van der Waals surface area contributed by atoms with Crippen LogP contribution in [0.1, 0.15) is 12.8 Å². The number of hydrogen-bond donors (Lipinski definition) is 5. The van der Waals surface area contributed by atoms with Crippen molar-refractivity contribution in [2.75, 3.05) is 0 Å². The number of carbonyl (C=O) groups is 5. The molecular weight excluding hydrogens is 292 g/mol. The molecule has 3 atom stereocenters. The Morgan fingerprint density at radius 3 is 1.43 bits per heavy atom. The van der Waals surface area contributed by atoms with Crippen LogP contribution in [-0.2, 0) is 24.0 Å². The van der Waals surface area contributed by atoms with Gasteiger partial charge in [-0.05, 0) is 12.8 Å². The largest absolute Gasteiger partial charge is 0.481 e. The van der Waals surface area contributed by atoms with Gasteiger partial charge >= 0.3 is 29.8 Å². The van der Waals surface area contributed by atoms with Gasteiger partial charge in [0.15, 0.2) is 5.41 Å². The summed E-state index contributed by atoms with van der Waals surface area (Å²) >= 11 is 0. The second kappa shape index (κ2) is 5.38. The van der Waals surface area contributed by atoms with Crippen LogP contribution < -0.4 is 0 Å². The highest BCUT2D eigenvalue weighted by Gasteiger charge is 2.63. The molecule has 5 N–H and O–H groups in total. The maximum atomic E-state index is 11.3. The molecule has 0 saturated heterocycles. The van der Waals surface area contributed by atoms with E-state index in [9.17, 15) is 24.0 Å². The predicted molar refractivity (Wildman–Crippen MR) is 60.3 cm³/mol. The highest BCUT2D eigenvalue weighted by Crippen LogP contribution is 2.47. The third-order valence-corrected chi connectivity index (χ3v) is 3.81. The first kappa shape index (κ1) is 16.4. The lowest BCUT2D eigenvalue weighted by atomic mass is 9.59. The zero-order chi connectivity index (χ0) is 16.5. The van der Waals surface area contributed by atoms with Gasteiger partial charge in [-0.2, -0.15) is 0 Å². The van der Waals surface area contributed by atoms with Crippen molar-refractivity contribution in [2.24, 2.45) is 23.2 Å². The minimum absolute atomic E-state index is 0.889. The quantitative estimate of drug-likeness (QED) is 0.396. The van der Waals surface area contributed by atoms with E-state index in [1.807, 2.05) is 0 Å². The number of carboxylic acids is 5. The normalized spacial score (nSPS) is 27.5. The molecule has 10 heteroatoms. The summed E-state index contributed by atoms with van der Waals surface area (Å²) in [7, 11) is 0. The van der Waals surface area contributed by atoms with E-state index in [0.29, 0.717) is 0 Å². The van der Waals surface area contributed by atoms with Crippen LogP contribution in [0.3, 0.4) is 0 Å². The van der Waals surface area contributed by atoms with Gasteiger partial charge in [0, 0.05) is 0 Å².